The minimum absolute atomic E-state index is 0.0449. The molecule has 1 saturated heterocycles. The molecule has 1 saturated carbocycles. The lowest BCUT2D eigenvalue weighted by molar-refractivity contribution is -0.252. The Morgan fingerprint density at radius 1 is 1.09 bits per heavy atom. The summed E-state index contributed by atoms with van der Waals surface area (Å²) in [7, 11) is 0. The standard InChI is InChI=1S/C20H41N7O7/c21-5-1-7-26-20(31)34-17-13(27-18(30)14(28)4-6-22)8-12(25)16(15(17)29)33-19-11(24)3-2-10(9-23)32-19/h10-17,19,28-29H,1-9,21-25H2,(H,26,31)(H,27,30)/t10-,11+,12-,13+,14-,15-,16+,17-,19+/m0/s1. The highest BCUT2D eigenvalue weighted by Gasteiger charge is 2.48. The van der Waals surface area contributed by atoms with Gasteiger partial charge in [0, 0.05) is 19.1 Å². The van der Waals surface area contributed by atoms with E-state index in [1.165, 1.54) is 0 Å². The molecule has 1 aliphatic heterocycles. The lowest BCUT2D eigenvalue weighted by atomic mass is 9.83. The molecule has 0 unspecified atom stereocenters. The number of aliphatic hydroxyl groups excluding tert-OH is 2. The maximum absolute atomic E-state index is 12.4. The molecule has 14 heteroatoms. The number of nitrogens with one attached hydrogen (secondary N) is 2. The first-order valence-electron chi connectivity index (χ1n) is 11.7. The number of rotatable bonds is 11. The molecule has 0 radical (unpaired) electrons. The number of alkyl carbamates (subject to hydrolysis) is 1. The molecule has 0 aromatic heterocycles. The third-order valence-electron chi connectivity index (χ3n) is 6.03. The quantitative estimate of drug-likeness (QED) is 0.125. The molecule has 14 N–H and O–H groups in total. The Kier molecular flexibility index (Phi) is 11.8. The molecule has 14 nitrogen and oxygen atoms in total. The summed E-state index contributed by atoms with van der Waals surface area (Å²) in [5, 5.41) is 26.2. The Morgan fingerprint density at radius 2 is 1.82 bits per heavy atom. The lowest BCUT2D eigenvalue weighted by Gasteiger charge is -2.45. The minimum atomic E-state index is -1.42. The van der Waals surface area contributed by atoms with Gasteiger partial charge in [-0.05, 0) is 45.2 Å². The van der Waals surface area contributed by atoms with E-state index in [1.807, 2.05) is 0 Å². The second kappa shape index (κ2) is 14.1. The first kappa shape index (κ1) is 28.6. The Bertz CT molecular complexity index is 646. The van der Waals surface area contributed by atoms with Crippen molar-refractivity contribution >= 4 is 12.0 Å². The van der Waals surface area contributed by atoms with Crippen LogP contribution in [0.1, 0.15) is 32.1 Å². The number of hydrogen-bond donors (Lipinski definition) is 9. The van der Waals surface area contributed by atoms with Crippen LogP contribution in [-0.2, 0) is 19.0 Å². The van der Waals surface area contributed by atoms with Gasteiger partial charge >= 0.3 is 6.09 Å². The normalized spacial score (nSPS) is 34.8. The van der Waals surface area contributed by atoms with Crippen molar-refractivity contribution in [3.05, 3.63) is 0 Å². The van der Waals surface area contributed by atoms with Gasteiger partial charge in [-0.3, -0.25) is 4.79 Å². The van der Waals surface area contributed by atoms with Crippen molar-refractivity contribution < 1.29 is 34.0 Å². The maximum Gasteiger partial charge on any atom is 0.407 e. The summed E-state index contributed by atoms with van der Waals surface area (Å²) in [6, 6.07) is -2.10. The fourth-order valence-electron chi connectivity index (χ4n) is 4.07. The molecular formula is C20H41N7O7. The topological polar surface area (TPSA) is 256 Å². The van der Waals surface area contributed by atoms with Gasteiger partial charge in [-0.1, -0.05) is 0 Å². The molecule has 1 heterocycles. The van der Waals surface area contributed by atoms with Crippen LogP contribution in [0.2, 0.25) is 0 Å². The molecule has 34 heavy (non-hydrogen) atoms. The number of ether oxygens (including phenoxy) is 3. The first-order valence-corrected chi connectivity index (χ1v) is 11.7. The van der Waals surface area contributed by atoms with E-state index >= 15 is 0 Å². The largest absolute Gasteiger partial charge is 0.441 e. The van der Waals surface area contributed by atoms with E-state index in [2.05, 4.69) is 10.6 Å². The van der Waals surface area contributed by atoms with E-state index in [1.54, 1.807) is 0 Å². The second-order valence-corrected chi connectivity index (χ2v) is 8.74. The molecule has 9 atom stereocenters. The van der Waals surface area contributed by atoms with Crippen LogP contribution in [0.5, 0.6) is 0 Å². The van der Waals surface area contributed by atoms with E-state index < -0.39 is 60.8 Å². The highest BCUT2D eigenvalue weighted by atomic mass is 16.7. The van der Waals surface area contributed by atoms with Crippen LogP contribution >= 0.6 is 0 Å². The Balaban J connectivity index is 2.15. The van der Waals surface area contributed by atoms with Crippen molar-refractivity contribution in [1.29, 1.82) is 0 Å². The molecule has 0 spiro atoms. The SMILES string of the molecule is NCCCNC(=O)O[C@@H]1[C@@H](O)[C@H](O[C@H]2O[C@H](CN)CC[C@H]2N)[C@@H](N)C[C@H]1NC(=O)[C@@H](O)CCN. The first-order chi connectivity index (χ1) is 16.2. The zero-order valence-corrected chi connectivity index (χ0v) is 19.4. The number of amides is 2. The van der Waals surface area contributed by atoms with Crippen molar-refractivity contribution in [3.8, 4) is 0 Å². The predicted molar refractivity (Wildman–Crippen MR) is 122 cm³/mol. The maximum atomic E-state index is 12.4. The minimum Gasteiger partial charge on any atom is -0.441 e. The Morgan fingerprint density at radius 3 is 2.47 bits per heavy atom. The van der Waals surface area contributed by atoms with Crippen molar-refractivity contribution in [2.75, 3.05) is 26.2 Å². The average molecular weight is 492 g/mol. The molecule has 2 aliphatic rings. The van der Waals surface area contributed by atoms with Gasteiger partial charge < -0.3 is 63.7 Å². The molecule has 2 fully saturated rings. The Labute approximate surface area is 199 Å². The van der Waals surface area contributed by atoms with Gasteiger partial charge in [-0.15, -0.1) is 0 Å². The molecule has 0 aromatic rings. The number of carbonyl (C=O) groups is 2. The number of nitrogens with two attached hydrogens (primary N) is 5. The summed E-state index contributed by atoms with van der Waals surface area (Å²) in [6.07, 6.45) is -4.93. The summed E-state index contributed by atoms with van der Waals surface area (Å²) >= 11 is 0. The van der Waals surface area contributed by atoms with Crippen LogP contribution in [0, 0.1) is 0 Å². The zero-order chi connectivity index (χ0) is 25.3. The van der Waals surface area contributed by atoms with E-state index in [9.17, 15) is 19.8 Å². The summed E-state index contributed by atoms with van der Waals surface area (Å²) in [6.45, 7) is 1.04. The van der Waals surface area contributed by atoms with Gasteiger partial charge in [0.2, 0.25) is 5.91 Å². The fourth-order valence-corrected chi connectivity index (χ4v) is 4.07. The summed E-state index contributed by atoms with van der Waals surface area (Å²) in [5.74, 6) is -0.713. The van der Waals surface area contributed by atoms with Crippen molar-refractivity contribution in [2.24, 2.45) is 28.7 Å². The lowest BCUT2D eigenvalue weighted by Crippen LogP contribution is -2.67. The molecule has 198 valence electrons. The Hall–Kier alpha value is -1.62. The van der Waals surface area contributed by atoms with Crippen LogP contribution in [0.4, 0.5) is 4.79 Å². The number of carbonyl (C=O) groups excluding carboxylic acids is 2. The number of aliphatic hydroxyl groups is 2. The van der Waals surface area contributed by atoms with Gasteiger partial charge in [0.15, 0.2) is 12.4 Å². The van der Waals surface area contributed by atoms with E-state index in [0.717, 1.165) is 0 Å². The highest BCUT2D eigenvalue weighted by Crippen LogP contribution is 2.28. The molecule has 1 aliphatic carbocycles. The molecule has 2 rings (SSSR count). The van der Waals surface area contributed by atoms with Gasteiger partial charge in [0.25, 0.3) is 0 Å². The third kappa shape index (κ3) is 7.96. The van der Waals surface area contributed by atoms with Crippen molar-refractivity contribution in [2.45, 2.75) is 87.0 Å². The summed E-state index contributed by atoms with van der Waals surface area (Å²) in [5.41, 5.74) is 28.9. The molecular weight excluding hydrogens is 450 g/mol. The smallest absolute Gasteiger partial charge is 0.407 e. The van der Waals surface area contributed by atoms with Crippen LogP contribution in [0.3, 0.4) is 0 Å². The van der Waals surface area contributed by atoms with Crippen LogP contribution in [0.25, 0.3) is 0 Å². The monoisotopic (exact) mass is 491 g/mol. The molecule has 0 bridgehead atoms. The van der Waals surface area contributed by atoms with Crippen molar-refractivity contribution in [1.82, 2.24) is 10.6 Å². The highest BCUT2D eigenvalue weighted by molar-refractivity contribution is 5.81. The average Bonchev–Trinajstić information content (AvgIpc) is 2.80. The van der Waals surface area contributed by atoms with Gasteiger partial charge in [0.05, 0.1) is 18.2 Å². The number of hydrogen-bond acceptors (Lipinski definition) is 12. The molecule has 2 amide bonds. The third-order valence-corrected chi connectivity index (χ3v) is 6.03. The van der Waals surface area contributed by atoms with E-state index in [0.29, 0.717) is 32.4 Å². The van der Waals surface area contributed by atoms with Gasteiger partial charge in [0.1, 0.15) is 18.3 Å². The van der Waals surface area contributed by atoms with Crippen molar-refractivity contribution in [3.63, 3.8) is 0 Å². The zero-order valence-electron chi connectivity index (χ0n) is 19.4. The summed E-state index contributed by atoms with van der Waals surface area (Å²) < 4.78 is 17.2. The second-order valence-electron chi connectivity index (χ2n) is 8.74. The fraction of sp³-hybridized carbons (Fsp3) is 0.900. The molecule has 0 aromatic carbocycles. The van der Waals surface area contributed by atoms with Gasteiger partial charge in [-0.25, -0.2) is 4.79 Å². The van der Waals surface area contributed by atoms with Gasteiger partial charge in [-0.2, -0.15) is 0 Å². The van der Waals surface area contributed by atoms with Crippen LogP contribution < -0.4 is 39.3 Å². The van der Waals surface area contributed by atoms with Crippen LogP contribution in [0.15, 0.2) is 0 Å². The van der Waals surface area contributed by atoms with E-state index in [4.69, 9.17) is 42.9 Å². The van der Waals surface area contributed by atoms with E-state index in [-0.39, 0.29) is 32.0 Å². The predicted octanol–water partition coefficient (Wildman–Crippen LogP) is -4.11. The summed E-state index contributed by atoms with van der Waals surface area (Å²) in [4.78, 5) is 24.7. The van der Waals surface area contributed by atoms with Crippen LogP contribution in [-0.4, -0.2) is 103 Å².